The van der Waals surface area contributed by atoms with Crippen LogP contribution in [0.3, 0.4) is 0 Å². The first-order valence-corrected chi connectivity index (χ1v) is 6.22. The minimum absolute atomic E-state index is 0.0954. The van der Waals surface area contributed by atoms with Gasteiger partial charge in [0.15, 0.2) is 0 Å². The van der Waals surface area contributed by atoms with E-state index in [4.69, 9.17) is 10.5 Å². The first kappa shape index (κ1) is 12.7. The number of hydrogen-bond acceptors (Lipinski definition) is 3. The van der Waals surface area contributed by atoms with Crippen LogP contribution in [0, 0.1) is 0 Å². The Balaban J connectivity index is 2.00. The fourth-order valence-electron chi connectivity index (χ4n) is 1.96. The van der Waals surface area contributed by atoms with Crippen LogP contribution in [0.1, 0.15) is 12.5 Å². The highest BCUT2D eigenvalue weighted by Crippen LogP contribution is 2.18. The number of ether oxygens (including phenoxy) is 1. The van der Waals surface area contributed by atoms with Gasteiger partial charge in [0.05, 0.1) is 13.2 Å². The number of nitrogens with one attached hydrogen (secondary N) is 1. The van der Waals surface area contributed by atoms with Crippen LogP contribution in [0.5, 0.6) is 0 Å². The first-order chi connectivity index (χ1) is 8.70. The maximum Gasteiger partial charge on any atom is 0.322 e. The number of aryl methyl sites for hydroxylation is 1. The van der Waals surface area contributed by atoms with Crippen molar-refractivity contribution in [2.75, 3.05) is 37.4 Å². The molecule has 1 aromatic rings. The van der Waals surface area contributed by atoms with Gasteiger partial charge in [0, 0.05) is 24.5 Å². The van der Waals surface area contributed by atoms with Crippen molar-refractivity contribution in [1.29, 1.82) is 0 Å². The van der Waals surface area contributed by atoms with Gasteiger partial charge in [-0.05, 0) is 24.1 Å². The fraction of sp³-hybridized carbons (Fsp3) is 0.462. The van der Waals surface area contributed by atoms with Crippen molar-refractivity contribution in [3.63, 3.8) is 0 Å². The second-order valence-corrected chi connectivity index (χ2v) is 4.30. The molecule has 0 bridgehead atoms. The molecule has 1 heterocycles. The lowest BCUT2D eigenvalue weighted by molar-refractivity contribution is 0.0564. The van der Waals surface area contributed by atoms with Crippen LogP contribution in [-0.2, 0) is 11.2 Å². The van der Waals surface area contributed by atoms with Gasteiger partial charge in [-0.3, -0.25) is 0 Å². The molecule has 0 aliphatic carbocycles. The summed E-state index contributed by atoms with van der Waals surface area (Å²) < 4.78 is 5.21. The molecule has 1 aromatic carbocycles. The molecule has 5 nitrogen and oxygen atoms in total. The van der Waals surface area contributed by atoms with Crippen LogP contribution in [0.25, 0.3) is 0 Å². The van der Waals surface area contributed by atoms with Crippen molar-refractivity contribution in [1.82, 2.24) is 4.90 Å². The highest BCUT2D eigenvalue weighted by Gasteiger charge is 2.16. The van der Waals surface area contributed by atoms with E-state index in [2.05, 4.69) is 12.2 Å². The summed E-state index contributed by atoms with van der Waals surface area (Å²) in [7, 11) is 0. The fourth-order valence-corrected chi connectivity index (χ4v) is 1.96. The van der Waals surface area contributed by atoms with Crippen LogP contribution >= 0.6 is 0 Å². The highest BCUT2D eigenvalue weighted by atomic mass is 16.5. The molecule has 0 atom stereocenters. The first-order valence-electron chi connectivity index (χ1n) is 6.22. The van der Waals surface area contributed by atoms with Gasteiger partial charge in [-0.25, -0.2) is 4.79 Å². The topological polar surface area (TPSA) is 67.6 Å². The van der Waals surface area contributed by atoms with Gasteiger partial charge < -0.3 is 20.7 Å². The Hall–Kier alpha value is -1.75. The zero-order chi connectivity index (χ0) is 13.0. The summed E-state index contributed by atoms with van der Waals surface area (Å²) in [6, 6.07) is 5.54. The molecule has 0 aromatic heterocycles. The molecule has 18 heavy (non-hydrogen) atoms. The second-order valence-electron chi connectivity index (χ2n) is 4.30. The number of nitrogens with zero attached hydrogens (tertiary/aromatic N) is 1. The number of hydrogen-bond donors (Lipinski definition) is 2. The van der Waals surface area contributed by atoms with Gasteiger partial charge in [-0.1, -0.05) is 13.0 Å². The highest BCUT2D eigenvalue weighted by molar-refractivity contribution is 5.90. The molecule has 5 heteroatoms. The summed E-state index contributed by atoms with van der Waals surface area (Å²) in [6.45, 7) is 4.52. The molecule has 0 unspecified atom stereocenters. The number of rotatable bonds is 2. The van der Waals surface area contributed by atoms with E-state index in [9.17, 15) is 4.79 Å². The van der Waals surface area contributed by atoms with Gasteiger partial charge in [0.25, 0.3) is 0 Å². The van der Waals surface area contributed by atoms with Crippen molar-refractivity contribution in [2.45, 2.75) is 13.3 Å². The lowest BCUT2D eigenvalue weighted by Crippen LogP contribution is -2.43. The van der Waals surface area contributed by atoms with E-state index >= 15 is 0 Å². The summed E-state index contributed by atoms with van der Waals surface area (Å²) in [6.07, 6.45) is 0.892. The quantitative estimate of drug-likeness (QED) is 0.784. The van der Waals surface area contributed by atoms with Gasteiger partial charge >= 0.3 is 6.03 Å². The summed E-state index contributed by atoms with van der Waals surface area (Å²) in [4.78, 5) is 13.7. The number of nitrogens with two attached hydrogens (primary N) is 1. The molecule has 3 N–H and O–H groups in total. The van der Waals surface area contributed by atoms with Crippen LogP contribution in [-0.4, -0.2) is 37.2 Å². The average molecular weight is 249 g/mol. The minimum atomic E-state index is -0.0954. The smallest absolute Gasteiger partial charge is 0.322 e. The maximum absolute atomic E-state index is 12.0. The van der Waals surface area contributed by atoms with E-state index in [1.54, 1.807) is 11.0 Å². The minimum Gasteiger partial charge on any atom is -0.398 e. The Morgan fingerprint density at radius 1 is 1.44 bits per heavy atom. The summed E-state index contributed by atoms with van der Waals surface area (Å²) >= 11 is 0. The van der Waals surface area contributed by atoms with Gasteiger partial charge in [-0.2, -0.15) is 0 Å². The molecular formula is C13H19N3O2. The zero-order valence-electron chi connectivity index (χ0n) is 10.6. The molecule has 2 rings (SSSR count). The monoisotopic (exact) mass is 249 g/mol. The second kappa shape index (κ2) is 5.73. The molecular weight excluding hydrogens is 230 g/mol. The van der Waals surface area contributed by atoms with Crippen molar-refractivity contribution >= 4 is 17.4 Å². The van der Waals surface area contributed by atoms with Crippen molar-refractivity contribution in [2.24, 2.45) is 0 Å². The van der Waals surface area contributed by atoms with Crippen molar-refractivity contribution in [3.05, 3.63) is 23.8 Å². The van der Waals surface area contributed by atoms with E-state index < -0.39 is 0 Å². The summed E-state index contributed by atoms with van der Waals surface area (Å²) in [5.74, 6) is 0. The summed E-state index contributed by atoms with van der Waals surface area (Å²) in [5.41, 5.74) is 8.45. The van der Waals surface area contributed by atoms with Crippen LogP contribution in [0.2, 0.25) is 0 Å². The van der Waals surface area contributed by atoms with Gasteiger partial charge in [-0.15, -0.1) is 0 Å². The molecule has 0 radical (unpaired) electrons. The number of amides is 2. The van der Waals surface area contributed by atoms with Crippen molar-refractivity contribution in [3.8, 4) is 0 Å². The third-order valence-corrected chi connectivity index (χ3v) is 3.08. The SMILES string of the molecule is CCc1ccc(NC(=O)N2CCOCC2)cc1N. The molecule has 0 spiro atoms. The number of anilines is 2. The molecule has 0 saturated carbocycles. The third kappa shape index (κ3) is 2.92. The maximum atomic E-state index is 12.0. The Morgan fingerprint density at radius 3 is 2.78 bits per heavy atom. The zero-order valence-corrected chi connectivity index (χ0v) is 10.6. The summed E-state index contributed by atoms with van der Waals surface area (Å²) in [5, 5.41) is 2.86. The Morgan fingerprint density at radius 2 is 2.17 bits per heavy atom. The Bertz CT molecular complexity index is 428. The molecule has 98 valence electrons. The molecule has 1 saturated heterocycles. The predicted octanol–water partition coefficient (Wildman–Crippen LogP) is 1.70. The standard InChI is InChI=1S/C13H19N3O2/c1-2-10-3-4-11(9-12(10)14)15-13(17)16-5-7-18-8-6-16/h3-4,9H,2,5-8,14H2,1H3,(H,15,17). The predicted molar refractivity (Wildman–Crippen MR) is 71.6 cm³/mol. The van der Waals surface area contributed by atoms with Crippen LogP contribution < -0.4 is 11.1 Å². The van der Waals surface area contributed by atoms with Gasteiger partial charge in [0.2, 0.25) is 0 Å². The van der Waals surface area contributed by atoms with Crippen molar-refractivity contribution < 1.29 is 9.53 Å². The van der Waals surface area contributed by atoms with Crippen LogP contribution in [0.4, 0.5) is 16.2 Å². The van der Waals surface area contributed by atoms with E-state index in [0.29, 0.717) is 26.3 Å². The Kier molecular flexibility index (Phi) is 4.04. The van der Waals surface area contributed by atoms with Crippen LogP contribution in [0.15, 0.2) is 18.2 Å². The third-order valence-electron chi connectivity index (χ3n) is 3.08. The van der Waals surface area contributed by atoms with E-state index in [0.717, 1.165) is 23.4 Å². The normalized spacial score (nSPS) is 15.5. The number of carbonyl (C=O) groups excluding carboxylic acids is 1. The van der Waals surface area contributed by atoms with E-state index in [1.165, 1.54) is 0 Å². The van der Waals surface area contributed by atoms with E-state index in [1.807, 2.05) is 12.1 Å². The van der Waals surface area contributed by atoms with Gasteiger partial charge in [0.1, 0.15) is 0 Å². The average Bonchev–Trinajstić information content (AvgIpc) is 2.40. The largest absolute Gasteiger partial charge is 0.398 e. The molecule has 1 fully saturated rings. The van der Waals surface area contributed by atoms with E-state index in [-0.39, 0.29) is 6.03 Å². The number of nitrogen functional groups attached to an aromatic ring is 1. The lowest BCUT2D eigenvalue weighted by Gasteiger charge is -2.27. The number of morpholine rings is 1. The lowest BCUT2D eigenvalue weighted by atomic mass is 10.1. The number of carbonyl (C=O) groups is 1. The Labute approximate surface area is 107 Å². The number of benzene rings is 1. The molecule has 2 amide bonds. The number of urea groups is 1. The molecule has 1 aliphatic rings. The molecule has 1 aliphatic heterocycles.